The minimum absolute atomic E-state index is 0.618. The Kier molecular flexibility index (Phi) is 3.13. The quantitative estimate of drug-likeness (QED) is 0.784. The Morgan fingerprint density at radius 2 is 1.69 bits per heavy atom. The van der Waals surface area contributed by atoms with Crippen molar-refractivity contribution in [1.29, 1.82) is 0 Å². The van der Waals surface area contributed by atoms with Crippen molar-refractivity contribution in [3.63, 3.8) is 0 Å². The second-order valence-electron chi connectivity index (χ2n) is 3.62. The predicted molar refractivity (Wildman–Crippen MR) is 66.4 cm³/mol. The van der Waals surface area contributed by atoms with Crippen LogP contribution in [0.5, 0.6) is 0 Å². The highest BCUT2D eigenvalue weighted by Gasteiger charge is 2.09. The second-order valence-corrected chi connectivity index (χ2v) is 4.06. The number of benzene rings is 2. The first kappa shape index (κ1) is 11.0. The van der Waals surface area contributed by atoms with E-state index in [1.165, 1.54) is 0 Å². The van der Waals surface area contributed by atoms with Gasteiger partial charge in [0, 0.05) is 10.7 Å². The maximum atomic E-state index is 10.1. The fraction of sp³-hybridized carbons (Fsp3) is 0.0769. The Balaban J connectivity index is 2.31. The van der Waals surface area contributed by atoms with E-state index in [4.69, 9.17) is 17.3 Å². The van der Waals surface area contributed by atoms with E-state index in [-0.39, 0.29) is 0 Å². The molecule has 0 aromatic heterocycles. The summed E-state index contributed by atoms with van der Waals surface area (Å²) in [5.74, 6) is 0. The molecule has 0 fully saturated rings. The molecular weight excluding hydrogens is 222 g/mol. The van der Waals surface area contributed by atoms with Crippen molar-refractivity contribution in [3.05, 3.63) is 64.7 Å². The SMILES string of the molecule is Nc1ccc(C(O)c2cccc(Cl)c2)cc1. The smallest absolute Gasteiger partial charge is 0.104 e. The van der Waals surface area contributed by atoms with Gasteiger partial charge in [-0.2, -0.15) is 0 Å². The Hall–Kier alpha value is -1.51. The topological polar surface area (TPSA) is 46.2 Å². The lowest BCUT2D eigenvalue weighted by Gasteiger charge is -2.11. The van der Waals surface area contributed by atoms with Gasteiger partial charge in [0.15, 0.2) is 0 Å². The molecule has 1 unspecified atom stereocenters. The number of nitrogen functional groups attached to an aromatic ring is 1. The molecule has 3 heteroatoms. The van der Waals surface area contributed by atoms with Crippen LogP contribution in [0.25, 0.3) is 0 Å². The van der Waals surface area contributed by atoms with Crippen LogP contribution < -0.4 is 5.73 Å². The van der Waals surface area contributed by atoms with Crippen LogP contribution in [-0.4, -0.2) is 5.11 Å². The monoisotopic (exact) mass is 233 g/mol. The maximum Gasteiger partial charge on any atom is 0.104 e. The van der Waals surface area contributed by atoms with Crippen LogP contribution >= 0.6 is 11.6 Å². The number of hydrogen-bond donors (Lipinski definition) is 2. The first-order valence-electron chi connectivity index (χ1n) is 4.96. The molecule has 0 aliphatic rings. The minimum Gasteiger partial charge on any atom is -0.399 e. The Morgan fingerprint density at radius 3 is 2.31 bits per heavy atom. The van der Waals surface area contributed by atoms with E-state index in [0.717, 1.165) is 11.1 Å². The highest BCUT2D eigenvalue weighted by molar-refractivity contribution is 6.30. The van der Waals surface area contributed by atoms with Gasteiger partial charge in [0.2, 0.25) is 0 Å². The third-order valence-corrected chi connectivity index (χ3v) is 2.65. The van der Waals surface area contributed by atoms with E-state index in [1.807, 2.05) is 12.1 Å². The standard InChI is InChI=1S/C13H12ClNO/c14-11-3-1-2-10(8-11)13(16)9-4-6-12(15)7-5-9/h1-8,13,16H,15H2. The summed E-state index contributed by atoms with van der Waals surface area (Å²) in [4.78, 5) is 0. The van der Waals surface area contributed by atoms with Gasteiger partial charge < -0.3 is 10.8 Å². The van der Waals surface area contributed by atoms with Gasteiger partial charge >= 0.3 is 0 Å². The number of hydrogen-bond acceptors (Lipinski definition) is 2. The van der Waals surface area contributed by atoms with Crippen molar-refractivity contribution in [1.82, 2.24) is 0 Å². The summed E-state index contributed by atoms with van der Waals surface area (Å²) < 4.78 is 0. The third-order valence-electron chi connectivity index (χ3n) is 2.42. The summed E-state index contributed by atoms with van der Waals surface area (Å²) in [5.41, 5.74) is 7.85. The first-order valence-corrected chi connectivity index (χ1v) is 5.33. The van der Waals surface area contributed by atoms with Crippen LogP contribution in [0.4, 0.5) is 5.69 Å². The van der Waals surface area contributed by atoms with Gasteiger partial charge in [-0.1, -0.05) is 35.9 Å². The predicted octanol–water partition coefficient (Wildman–Crippen LogP) is 3.00. The molecule has 2 aromatic rings. The van der Waals surface area contributed by atoms with E-state index in [1.54, 1.807) is 36.4 Å². The van der Waals surface area contributed by atoms with Gasteiger partial charge in [0.05, 0.1) is 0 Å². The van der Waals surface area contributed by atoms with Crippen molar-refractivity contribution in [2.45, 2.75) is 6.10 Å². The van der Waals surface area contributed by atoms with Crippen LogP contribution in [0.15, 0.2) is 48.5 Å². The van der Waals surface area contributed by atoms with Gasteiger partial charge in [0.25, 0.3) is 0 Å². The van der Waals surface area contributed by atoms with E-state index in [0.29, 0.717) is 10.7 Å². The lowest BCUT2D eigenvalue weighted by atomic mass is 10.0. The summed E-state index contributed by atoms with van der Waals surface area (Å²) in [6.07, 6.45) is -0.667. The third kappa shape index (κ3) is 2.35. The molecule has 2 aromatic carbocycles. The molecule has 82 valence electrons. The molecule has 0 amide bonds. The average Bonchev–Trinajstić information content (AvgIpc) is 2.29. The molecule has 0 aliphatic carbocycles. The zero-order valence-corrected chi connectivity index (χ0v) is 9.35. The van der Waals surface area contributed by atoms with E-state index in [9.17, 15) is 5.11 Å². The van der Waals surface area contributed by atoms with E-state index >= 15 is 0 Å². The highest BCUT2D eigenvalue weighted by atomic mass is 35.5. The Bertz CT molecular complexity index is 482. The molecular formula is C13H12ClNO. The number of anilines is 1. The van der Waals surface area contributed by atoms with Gasteiger partial charge in [0.1, 0.15) is 6.10 Å². The number of nitrogens with two attached hydrogens (primary N) is 1. The first-order chi connectivity index (χ1) is 7.66. The molecule has 3 N–H and O–H groups in total. The molecule has 1 atom stereocenters. The summed E-state index contributed by atoms with van der Waals surface area (Å²) >= 11 is 5.87. The van der Waals surface area contributed by atoms with Crippen LogP contribution in [0, 0.1) is 0 Å². The van der Waals surface area contributed by atoms with Crippen molar-refractivity contribution in [2.24, 2.45) is 0 Å². The van der Waals surface area contributed by atoms with E-state index < -0.39 is 6.10 Å². The fourth-order valence-electron chi connectivity index (χ4n) is 1.55. The van der Waals surface area contributed by atoms with Gasteiger partial charge in [-0.3, -0.25) is 0 Å². The molecule has 0 saturated heterocycles. The second kappa shape index (κ2) is 4.56. The van der Waals surface area contributed by atoms with Crippen molar-refractivity contribution < 1.29 is 5.11 Å². The van der Waals surface area contributed by atoms with Crippen LogP contribution in [0.3, 0.4) is 0 Å². The summed E-state index contributed by atoms with van der Waals surface area (Å²) in [5, 5.41) is 10.7. The highest BCUT2D eigenvalue weighted by Crippen LogP contribution is 2.24. The maximum absolute atomic E-state index is 10.1. The molecule has 0 aliphatic heterocycles. The molecule has 0 saturated carbocycles. The normalized spacial score (nSPS) is 12.4. The molecule has 16 heavy (non-hydrogen) atoms. The molecule has 0 spiro atoms. The largest absolute Gasteiger partial charge is 0.399 e. The Morgan fingerprint density at radius 1 is 1.00 bits per heavy atom. The lowest BCUT2D eigenvalue weighted by Crippen LogP contribution is -1.99. The van der Waals surface area contributed by atoms with Gasteiger partial charge in [-0.15, -0.1) is 0 Å². The summed E-state index contributed by atoms with van der Waals surface area (Å²) in [7, 11) is 0. The van der Waals surface area contributed by atoms with E-state index in [2.05, 4.69) is 0 Å². The fourth-order valence-corrected chi connectivity index (χ4v) is 1.75. The van der Waals surface area contributed by atoms with Crippen molar-refractivity contribution in [2.75, 3.05) is 5.73 Å². The summed E-state index contributed by atoms with van der Waals surface area (Å²) in [6, 6.07) is 14.3. The van der Waals surface area contributed by atoms with Crippen LogP contribution in [0.2, 0.25) is 5.02 Å². The molecule has 2 rings (SSSR count). The summed E-state index contributed by atoms with van der Waals surface area (Å²) in [6.45, 7) is 0. The molecule has 0 bridgehead atoms. The van der Waals surface area contributed by atoms with Crippen LogP contribution in [-0.2, 0) is 0 Å². The zero-order valence-electron chi connectivity index (χ0n) is 8.60. The van der Waals surface area contributed by atoms with Crippen LogP contribution in [0.1, 0.15) is 17.2 Å². The lowest BCUT2D eigenvalue weighted by molar-refractivity contribution is 0.220. The number of rotatable bonds is 2. The zero-order chi connectivity index (χ0) is 11.5. The number of aliphatic hydroxyl groups excluding tert-OH is 1. The van der Waals surface area contributed by atoms with Gasteiger partial charge in [-0.25, -0.2) is 0 Å². The van der Waals surface area contributed by atoms with Crippen molar-refractivity contribution >= 4 is 17.3 Å². The minimum atomic E-state index is -0.667. The molecule has 2 nitrogen and oxygen atoms in total. The van der Waals surface area contributed by atoms with Gasteiger partial charge in [-0.05, 0) is 35.4 Å². The molecule has 0 radical (unpaired) electrons. The van der Waals surface area contributed by atoms with Crippen molar-refractivity contribution in [3.8, 4) is 0 Å². The number of halogens is 1. The average molecular weight is 234 g/mol. The molecule has 0 heterocycles. The number of aliphatic hydroxyl groups is 1. The Labute approximate surface area is 99.3 Å².